The Morgan fingerprint density at radius 3 is 2.45 bits per heavy atom. The molecule has 0 saturated carbocycles. The maximum atomic E-state index is 12.2. The topological polar surface area (TPSA) is 81.6 Å². The molecular weight excluding hydrogens is 256 g/mol. The van der Waals surface area contributed by atoms with E-state index in [-0.39, 0.29) is 11.2 Å². The molecule has 20 heavy (non-hydrogen) atoms. The number of hydrogen-bond acceptors (Lipinski definition) is 4. The summed E-state index contributed by atoms with van der Waals surface area (Å²) in [6.45, 7) is 4.99. The number of azo groups is 1. The van der Waals surface area contributed by atoms with E-state index in [0.29, 0.717) is 24.7 Å². The van der Waals surface area contributed by atoms with Gasteiger partial charge in [-0.3, -0.25) is 9.48 Å². The molecule has 2 aromatic rings. The second-order valence-electron chi connectivity index (χ2n) is 4.34. The van der Waals surface area contributed by atoms with Crippen LogP contribution in [-0.4, -0.2) is 9.36 Å². The van der Waals surface area contributed by atoms with E-state index < -0.39 is 0 Å². The van der Waals surface area contributed by atoms with Crippen LogP contribution in [0.1, 0.15) is 13.8 Å². The summed E-state index contributed by atoms with van der Waals surface area (Å²) in [6, 6.07) is 5.57. The summed E-state index contributed by atoms with van der Waals surface area (Å²) in [6.07, 6.45) is 1.86. The van der Waals surface area contributed by atoms with Crippen molar-refractivity contribution in [3.63, 3.8) is 0 Å². The van der Waals surface area contributed by atoms with E-state index in [1.54, 1.807) is 9.36 Å². The first-order valence-corrected chi connectivity index (χ1v) is 6.55. The third-order valence-corrected chi connectivity index (χ3v) is 3.13. The zero-order valence-corrected chi connectivity index (χ0v) is 11.9. The predicted molar refractivity (Wildman–Crippen MR) is 76.2 cm³/mol. The fourth-order valence-corrected chi connectivity index (χ4v) is 2.06. The van der Waals surface area contributed by atoms with Gasteiger partial charge in [-0.2, -0.15) is 0 Å². The van der Waals surface area contributed by atoms with Crippen molar-refractivity contribution in [1.29, 1.82) is 0 Å². The standard InChI is InChI=1S/C13H18N6O/c1-4-18-12(14)11(13(20)19(18)5-2)16-15-10-8-6-7-9-17(10)3/h6-9,14H,4-5H2,1-3H3/p+1. The van der Waals surface area contributed by atoms with E-state index in [1.807, 2.05) is 49.9 Å². The van der Waals surface area contributed by atoms with Crippen LogP contribution in [0.2, 0.25) is 0 Å². The van der Waals surface area contributed by atoms with Crippen molar-refractivity contribution in [3.05, 3.63) is 34.7 Å². The average Bonchev–Trinajstić information content (AvgIpc) is 2.68. The highest BCUT2D eigenvalue weighted by molar-refractivity contribution is 5.56. The van der Waals surface area contributed by atoms with Crippen LogP contribution in [0.25, 0.3) is 0 Å². The van der Waals surface area contributed by atoms with Crippen molar-refractivity contribution in [3.8, 4) is 0 Å². The fraction of sp³-hybridized carbons (Fsp3) is 0.385. The average molecular weight is 275 g/mol. The van der Waals surface area contributed by atoms with Crippen LogP contribution < -0.4 is 15.9 Å². The Morgan fingerprint density at radius 1 is 1.20 bits per heavy atom. The number of hydrogen-bond donors (Lipinski definition) is 1. The highest BCUT2D eigenvalue weighted by Gasteiger charge is 2.18. The minimum Gasteiger partial charge on any atom is -0.382 e. The number of anilines is 1. The number of aryl methyl sites for hydroxylation is 1. The second kappa shape index (κ2) is 5.68. The number of nitrogens with two attached hydrogens (primary N) is 1. The van der Waals surface area contributed by atoms with Crippen LogP contribution in [0, 0.1) is 0 Å². The molecule has 0 aliphatic carbocycles. The lowest BCUT2D eigenvalue weighted by Gasteiger charge is -2.07. The summed E-state index contributed by atoms with van der Waals surface area (Å²) in [7, 11) is 1.86. The van der Waals surface area contributed by atoms with Gasteiger partial charge in [0, 0.05) is 19.2 Å². The molecule has 0 amide bonds. The second-order valence-corrected chi connectivity index (χ2v) is 4.34. The van der Waals surface area contributed by atoms with Crippen LogP contribution in [-0.2, 0) is 20.1 Å². The largest absolute Gasteiger partial charge is 0.382 e. The monoisotopic (exact) mass is 275 g/mol. The molecule has 0 aliphatic heterocycles. The molecule has 2 heterocycles. The van der Waals surface area contributed by atoms with Gasteiger partial charge in [-0.15, -0.1) is 0 Å². The minimum absolute atomic E-state index is 0.192. The number of rotatable bonds is 4. The molecule has 0 aliphatic rings. The summed E-state index contributed by atoms with van der Waals surface area (Å²) < 4.78 is 5.09. The van der Waals surface area contributed by atoms with Gasteiger partial charge in [0.05, 0.1) is 18.4 Å². The van der Waals surface area contributed by atoms with Crippen LogP contribution >= 0.6 is 0 Å². The van der Waals surface area contributed by atoms with Crippen LogP contribution in [0.15, 0.2) is 39.4 Å². The quantitative estimate of drug-likeness (QED) is 0.678. The summed E-state index contributed by atoms with van der Waals surface area (Å²) in [5.74, 6) is 1.00. The van der Waals surface area contributed by atoms with Crippen molar-refractivity contribution < 1.29 is 4.57 Å². The van der Waals surface area contributed by atoms with Gasteiger partial charge in [-0.25, -0.2) is 9.25 Å². The third-order valence-electron chi connectivity index (χ3n) is 3.13. The van der Waals surface area contributed by atoms with E-state index in [0.717, 1.165) is 0 Å². The number of aromatic nitrogens is 3. The molecule has 2 aromatic heterocycles. The summed E-state index contributed by atoms with van der Waals surface area (Å²) in [5.41, 5.74) is 5.95. The van der Waals surface area contributed by atoms with Gasteiger partial charge in [0.15, 0.2) is 5.82 Å². The molecule has 0 fully saturated rings. The lowest BCUT2D eigenvalue weighted by Crippen LogP contribution is -2.26. The van der Waals surface area contributed by atoms with Gasteiger partial charge in [0.25, 0.3) is 5.56 Å². The van der Waals surface area contributed by atoms with Crippen LogP contribution in [0.4, 0.5) is 17.3 Å². The Hall–Kier alpha value is -2.44. The molecule has 0 aromatic carbocycles. The molecule has 0 radical (unpaired) electrons. The molecule has 0 atom stereocenters. The Kier molecular flexibility index (Phi) is 3.97. The van der Waals surface area contributed by atoms with E-state index >= 15 is 0 Å². The van der Waals surface area contributed by atoms with Gasteiger partial charge >= 0.3 is 5.82 Å². The van der Waals surface area contributed by atoms with Gasteiger partial charge in [0.1, 0.15) is 0 Å². The lowest BCUT2D eigenvalue weighted by molar-refractivity contribution is -0.658. The van der Waals surface area contributed by atoms with Gasteiger partial charge in [0.2, 0.25) is 5.69 Å². The first-order chi connectivity index (χ1) is 9.60. The van der Waals surface area contributed by atoms with Crippen molar-refractivity contribution in [2.24, 2.45) is 17.3 Å². The van der Waals surface area contributed by atoms with Crippen LogP contribution in [0.5, 0.6) is 0 Å². The van der Waals surface area contributed by atoms with Crippen molar-refractivity contribution in [2.75, 3.05) is 5.73 Å². The zero-order chi connectivity index (χ0) is 14.7. The third kappa shape index (κ3) is 2.34. The van der Waals surface area contributed by atoms with Gasteiger partial charge in [-0.05, 0) is 25.0 Å². The van der Waals surface area contributed by atoms with E-state index in [9.17, 15) is 4.79 Å². The van der Waals surface area contributed by atoms with Crippen molar-refractivity contribution in [1.82, 2.24) is 9.36 Å². The summed E-state index contributed by atoms with van der Waals surface area (Å²) >= 11 is 0. The molecule has 0 saturated heterocycles. The van der Waals surface area contributed by atoms with E-state index in [4.69, 9.17) is 5.73 Å². The number of nitrogens with zero attached hydrogens (tertiary/aromatic N) is 5. The SMILES string of the molecule is CCn1c(N)c(N=Nc2cccc[n+]2C)c(=O)n1CC. The van der Waals surface area contributed by atoms with Crippen molar-refractivity contribution in [2.45, 2.75) is 26.9 Å². The van der Waals surface area contributed by atoms with Gasteiger partial charge < -0.3 is 5.73 Å². The normalized spacial score (nSPS) is 11.3. The summed E-state index contributed by atoms with van der Waals surface area (Å²) in [5, 5.41) is 8.14. The Labute approximate surface area is 117 Å². The smallest absolute Gasteiger partial charge is 0.350 e. The maximum Gasteiger partial charge on any atom is 0.350 e. The predicted octanol–water partition coefficient (Wildman–Crippen LogP) is 1.51. The maximum absolute atomic E-state index is 12.2. The number of nitrogen functional groups attached to an aromatic ring is 1. The molecular formula is C13H19N6O+. The highest BCUT2D eigenvalue weighted by Crippen LogP contribution is 2.20. The minimum atomic E-state index is -0.214. The van der Waals surface area contributed by atoms with E-state index in [2.05, 4.69) is 10.2 Å². The van der Waals surface area contributed by atoms with Crippen molar-refractivity contribution >= 4 is 17.3 Å². The molecule has 7 heteroatoms. The molecule has 2 N–H and O–H groups in total. The fourth-order valence-electron chi connectivity index (χ4n) is 2.06. The zero-order valence-electron chi connectivity index (χ0n) is 11.9. The first-order valence-electron chi connectivity index (χ1n) is 6.55. The lowest BCUT2D eigenvalue weighted by atomic mass is 10.4. The highest BCUT2D eigenvalue weighted by atomic mass is 16.1. The molecule has 7 nitrogen and oxygen atoms in total. The molecule has 0 bridgehead atoms. The van der Waals surface area contributed by atoms with E-state index in [1.165, 1.54) is 0 Å². The van der Waals surface area contributed by atoms with Gasteiger partial charge in [-0.1, -0.05) is 6.07 Å². The first kappa shape index (κ1) is 14.0. The molecule has 0 unspecified atom stereocenters. The summed E-state index contributed by atoms with van der Waals surface area (Å²) in [4.78, 5) is 12.2. The Morgan fingerprint density at radius 2 is 1.90 bits per heavy atom. The Bertz CT molecular complexity index is 697. The van der Waals surface area contributed by atoms with Crippen LogP contribution in [0.3, 0.4) is 0 Å². The molecule has 106 valence electrons. The number of pyridine rings is 1. The molecule has 0 spiro atoms. The molecule has 2 rings (SSSR count). The Balaban J connectivity index is 2.47.